The second-order valence-electron chi connectivity index (χ2n) is 15.0. The molecule has 6 rings (SSSR count). The quantitative estimate of drug-likeness (QED) is 0.0196. The molecule has 12 nitrogen and oxygen atoms in total. The molecule has 0 bridgehead atoms. The van der Waals surface area contributed by atoms with Crippen LogP contribution in [0.15, 0.2) is 127 Å². The van der Waals surface area contributed by atoms with E-state index in [0.717, 1.165) is 48.5 Å². The van der Waals surface area contributed by atoms with Crippen LogP contribution in [0.4, 0.5) is 46.5 Å². The maximum Gasteiger partial charge on any atom is 0.461 e. The van der Waals surface area contributed by atoms with Gasteiger partial charge in [0.15, 0.2) is 34.6 Å². The van der Waals surface area contributed by atoms with Crippen LogP contribution in [0, 0.1) is 6.92 Å². The third-order valence-corrected chi connectivity index (χ3v) is 10.2. The minimum atomic E-state index is -4.74. The van der Waals surface area contributed by atoms with Gasteiger partial charge in [-0.3, -0.25) is 9.59 Å². The first-order valence-electron chi connectivity index (χ1n) is 20.5. The molecule has 0 saturated heterocycles. The first kappa shape index (κ1) is 51.7. The highest BCUT2D eigenvalue weighted by molar-refractivity contribution is 6.16. The second-order valence-corrected chi connectivity index (χ2v) is 15.0. The second kappa shape index (κ2) is 21.7. The number of rotatable bonds is 19. The molecule has 0 heterocycles. The number of allylic oxidation sites excluding steroid dienone is 2. The van der Waals surface area contributed by atoms with Gasteiger partial charge >= 0.3 is 37.0 Å². The number of ether oxygens (including phenoxy) is 6. The predicted octanol–water partition coefficient (Wildman–Crippen LogP) is 11.5. The van der Waals surface area contributed by atoms with Crippen molar-refractivity contribution in [3.63, 3.8) is 0 Å². The summed E-state index contributed by atoms with van der Waals surface area (Å²) < 4.78 is 133. The molecule has 0 atom stereocenters. The van der Waals surface area contributed by atoms with E-state index < -0.39 is 60.1 Å². The van der Waals surface area contributed by atoms with Crippen molar-refractivity contribution in [2.75, 3.05) is 25.7 Å². The Morgan fingerprint density at radius 2 is 0.972 bits per heavy atom. The number of benzene rings is 6. The van der Waals surface area contributed by atoms with Crippen molar-refractivity contribution < 1.29 is 82.7 Å². The monoisotopic (exact) mass is 990 g/mol. The number of esters is 2. The van der Waals surface area contributed by atoms with Crippen LogP contribution in [-0.4, -0.2) is 62.8 Å². The fourth-order valence-electron chi connectivity index (χ4n) is 6.57. The van der Waals surface area contributed by atoms with Gasteiger partial charge in [-0.2, -0.15) is 35.1 Å². The average Bonchev–Trinajstić information content (AvgIpc) is 3.33. The Hall–Kier alpha value is -8.68. The van der Waals surface area contributed by atoms with Crippen LogP contribution in [0.2, 0.25) is 0 Å². The number of nitrogens with two attached hydrogens (primary N) is 2. The fraction of sp³-hybridized carbons (Fsp3) is 0.137. The summed E-state index contributed by atoms with van der Waals surface area (Å²) in [7, 11) is 2.58. The smallest absolute Gasteiger partial charge is 0.461 e. The molecule has 0 fully saturated rings. The molecule has 0 aliphatic rings. The molecule has 6 aromatic carbocycles. The Morgan fingerprint density at radius 1 is 0.535 bits per heavy atom. The fourth-order valence-corrected chi connectivity index (χ4v) is 6.57. The number of carbonyl (C=O) groups is 4. The zero-order valence-electron chi connectivity index (χ0n) is 37.2. The van der Waals surface area contributed by atoms with Gasteiger partial charge in [-0.25, -0.2) is 9.59 Å². The standard InChI is InChI=1S/C51H38F8N2O10/c1-27-38(61)19-18-36(45(27)40(63)21-5-29-7-23-42(44(25-29)67-3)69-47(65)31-10-15-34(16-11-31)71-51(58,59)49(54)55)35-17-12-32(60)26-37(35)39(62)20-4-28-6-22-41(43(24-28)66-2)68-46(64)30-8-13-33(14-9-30)70-50(56,57)48(52)53/h4-26,48-49H,60-61H2,1-3H3/b20-4+,21-5+. The summed E-state index contributed by atoms with van der Waals surface area (Å²) in [6.07, 6.45) is -12.2. The highest BCUT2D eigenvalue weighted by Gasteiger charge is 2.44. The molecule has 0 aliphatic carbocycles. The Kier molecular flexibility index (Phi) is 15.8. The molecule has 0 saturated carbocycles. The summed E-state index contributed by atoms with van der Waals surface area (Å²) in [5, 5.41) is 0. The third-order valence-electron chi connectivity index (χ3n) is 10.2. The van der Waals surface area contributed by atoms with Gasteiger partial charge in [0.1, 0.15) is 11.5 Å². The van der Waals surface area contributed by atoms with Crippen LogP contribution in [0.1, 0.15) is 58.1 Å². The summed E-state index contributed by atoms with van der Waals surface area (Å²) in [6.45, 7) is 1.63. The summed E-state index contributed by atoms with van der Waals surface area (Å²) in [4.78, 5) is 53.7. The molecular weight excluding hydrogens is 953 g/mol. The van der Waals surface area contributed by atoms with Crippen molar-refractivity contribution in [3.8, 4) is 45.6 Å². The summed E-state index contributed by atoms with van der Waals surface area (Å²) in [6, 6.07) is 24.1. The minimum Gasteiger partial charge on any atom is -0.493 e. The van der Waals surface area contributed by atoms with Crippen molar-refractivity contribution >= 4 is 47.0 Å². The highest BCUT2D eigenvalue weighted by atomic mass is 19.3. The largest absolute Gasteiger partial charge is 0.493 e. The normalized spacial score (nSPS) is 11.8. The Labute approximate surface area is 398 Å². The van der Waals surface area contributed by atoms with Crippen LogP contribution in [0.3, 0.4) is 0 Å². The van der Waals surface area contributed by atoms with E-state index in [4.69, 9.17) is 30.4 Å². The van der Waals surface area contributed by atoms with Crippen LogP contribution in [-0.2, 0) is 0 Å². The maximum atomic E-state index is 14.1. The topological polar surface area (TPSA) is 176 Å². The lowest BCUT2D eigenvalue weighted by molar-refractivity contribution is -0.253. The Morgan fingerprint density at radius 3 is 1.41 bits per heavy atom. The number of halogens is 8. The number of alkyl halides is 8. The van der Waals surface area contributed by atoms with E-state index in [2.05, 4.69) is 9.47 Å². The third kappa shape index (κ3) is 12.5. The molecule has 368 valence electrons. The number of nitrogen functional groups attached to an aromatic ring is 2. The lowest BCUT2D eigenvalue weighted by Crippen LogP contribution is -2.33. The van der Waals surface area contributed by atoms with Gasteiger partial charge in [-0.15, -0.1) is 0 Å². The first-order valence-corrected chi connectivity index (χ1v) is 20.5. The zero-order chi connectivity index (χ0) is 51.8. The van der Waals surface area contributed by atoms with E-state index in [0.29, 0.717) is 27.8 Å². The van der Waals surface area contributed by atoms with Crippen LogP contribution in [0.5, 0.6) is 34.5 Å². The van der Waals surface area contributed by atoms with E-state index in [1.54, 1.807) is 31.2 Å². The van der Waals surface area contributed by atoms with Gasteiger partial charge in [-0.05, 0) is 138 Å². The number of hydrogen-bond donors (Lipinski definition) is 2. The van der Waals surface area contributed by atoms with Crippen LogP contribution >= 0.6 is 0 Å². The molecule has 0 aromatic heterocycles. The number of anilines is 2. The summed E-state index contributed by atoms with van der Waals surface area (Å²) >= 11 is 0. The van der Waals surface area contributed by atoms with Crippen molar-refractivity contribution in [2.24, 2.45) is 0 Å². The van der Waals surface area contributed by atoms with Gasteiger partial charge in [0.25, 0.3) is 0 Å². The van der Waals surface area contributed by atoms with Crippen molar-refractivity contribution in [3.05, 3.63) is 166 Å². The molecule has 0 unspecified atom stereocenters. The molecule has 0 aliphatic heterocycles. The van der Waals surface area contributed by atoms with Gasteiger partial charge in [0.2, 0.25) is 0 Å². The van der Waals surface area contributed by atoms with Crippen LogP contribution in [0.25, 0.3) is 23.3 Å². The maximum absolute atomic E-state index is 14.1. The lowest BCUT2D eigenvalue weighted by Gasteiger charge is -2.16. The molecule has 0 radical (unpaired) electrons. The number of carbonyl (C=O) groups excluding carboxylic acids is 4. The predicted molar refractivity (Wildman–Crippen MR) is 244 cm³/mol. The Balaban J connectivity index is 1.18. The van der Waals surface area contributed by atoms with E-state index in [-0.39, 0.29) is 56.6 Å². The summed E-state index contributed by atoms with van der Waals surface area (Å²) in [5.74, 6) is -4.16. The molecule has 0 spiro atoms. The van der Waals surface area contributed by atoms with Gasteiger partial charge < -0.3 is 39.9 Å². The Bertz CT molecular complexity index is 3030. The van der Waals surface area contributed by atoms with E-state index in [1.165, 1.54) is 81.0 Å². The van der Waals surface area contributed by atoms with Gasteiger partial charge in [0.05, 0.1) is 25.3 Å². The van der Waals surface area contributed by atoms with Crippen molar-refractivity contribution in [1.29, 1.82) is 0 Å². The van der Waals surface area contributed by atoms with Gasteiger partial charge in [0, 0.05) is 22.5 Å². The first-order chi connectivity index (χ1) is 33.6. The zero-order valence-corrected chi connectivity index (χ0v) is 37.2. The van der Waals surface area contributed by atoms with Crippen molar-refractivity contribution in [1.82, 2.24) is 0 Å². The number of methoxy groups -OCH3 is 2. The minimum absolute atomic E-state index is 0.0583. The molecule has 20 heteroatoms. The molecule has 71 heavy (non-hydrogen) atoms. The number of hydrogen-bond acceptors (Lipinski definition) is 12. The molecular formula is C51H38F8N2O10. The van der Waals surface area contributed by atoms with Crippen LogP contribution < -0.4 is 39.9 Å². The lowest BCUT2D eigenvalue weighted by atomic mass is 9.88. The highest BCUT2D eigenvalue weighted by Crippen LogP contribution is 2.36. The van der Waals surface area contributed by atoms with E-state index in [9.17, 15) is 54.3 Å². The molecule has 0 amide bonds. The average molecular weight is 991 g/mol. The molecule has 4 N–H and O–H groups in total. The van der Waals surface area contributed by atoms with E-state index in [1.807, 2.05) is 0 Å². The van der Waals surface area contributed by atoms with E-state index >= 15 is 0 Å². The number of ketones is 2. The van der Waals surface area contributed by atoms with Gasteiger partial charge in [-0.1, -0.05) is 36.4 Å². The van der Waals surface area contributed by atoms with Crippen molar-refractivity contribution in [2.45, 2.75) is 32.0 Å². The molecule has 6 aromatic rings. The SMILES string of the molecule is COc1cc(/C=C/C(=O)c2cc(N)ccc2-c2ccc(N)c(C)c2C(=O)/C=C/c2ccc(OC(=O)c3ccc(OC(F)(F)C(F)F)cc3)c(OC)c2)ccc1OC(=O)c1ccc(OC(F)(F)C(F)F)cc1. The summed E-state index contributed by atoms with van der Waals surface area (Å²) in [5.41, 5.74) is 14.8.